The number of hydrogen-bond donors (Lipinski definition) is 4. The van der Waals surface area contributed by atoms with E-state index < -0.39 is 28.8 Å². The van der Waals surface area contributed by atoms with Crippen LogP contribution in [0.5, 0.6) is 5.75 Å². The van der Waals surface area contributed by atoms with Crippen molar-refractivity contribution in [3.63, 3.8) is 0 Å². The number of alkyl halides is 3. The largest absolute Gasteiger partial charge is 0.507 e. The van der Waals surface area contributed by atoms with Gasteiger partial charge in [0.05, 0.1) is 11.3 Å². The topological polar surface area (TPSA) is 81.6 Å². The third kappa shape index (κ3) is 3.36. The minimum absolute atomic E-state index is 0.104. The lowest BCUT2D eigenvalue weighted by Crippen LogP contribution is -2.23. The first-order chi connectivity index (χ1) is 7.30. The maximum Gasteiger partial charge on any atom is 0.420 e. The maximum absolute atomic E-state index is 12.3. The van der Waals surface area contributed by atoms with Crippen molar-refractivity contribution in [1.29, 1.82) is 0 Å². The predicted molar refractivity (Wildman–Crippen MR) is 50.6 cm³/mol. The maximum atomic E-state index is 12.3. The van der Waals surface area contributed by atoms with Crippen LogP contribution in [0.3, 0.4) is 0 Å². The monoisotopic (exact) mass is 256 g/mol. The third-order valence-electron chi connectivity index (χ3n) is 1.58. The summed E-state index contributed by atoms with van der Waals surface area (Å²) in [5.74, 6) is -0.914. The molecule has 1 unspecified atom stereocenters. The smallest absolute Gasteiger partial charge is 0.420 e. The summed E-state index contributed by atoms with van der Waals surface area (Å²) in [4.78, 5) is 1.79. The molecule has 9 heteroatoms. The van der Waals surface area contributed by atoms with Crippen molar-refractivity contribution in [2.45, 2.75) is 6.18 Å². The van der Waals surface area contributed by atoms with Crippen LogP contribution in [0.25, 0.3) is 0 Å². The van der Waals surface area contributed by atoms with Crippen LogP contribution < -0.4 is 10.3 Å². The van der Waals surface area contributed by atoms with Gasteiger partial charge in [-0.1, -0.05) is 0 Å². The van der Waals surface area contributed by atoms with Gasteiger partial charge in [-0.3, -0.25) is 4.55 Å². The van der Waals surface area contributed by atoms with E-state index in [1.165, 1.54) is 0 Å². The van der Waals surface area contributed by atoms with E-state index in [1.807, 2.05) is 0 Å². The molecule has 0 radical (unpaired) electrons. The highest BCUT2D eigenvalue weighted by Crippen LogP contribution is 2.36. The average molecular weight is 256 g/mol. The van der Waals surface area contributed by atoms with Crippen LogP contribution in [0.2, 0.25) is 0 Å². The minimum atomic E-state index is -4.69. The van der Waals surface area contributed by atoms with Crippen LogP contribution in [-0.2, 0) is 17.4 Å². The fraction of sp³-hybridized carbons (Fsp3) is 0.143. The molecule has 0 aliphatic carbocycles. The van der Waals surface area contributed by atoms with E-state index in [0.717, 1.165) is 12.1 Å². The number of hydrazine groups is 1. The van der Waals surface area contributed by atoms with Crippen LogP contribution in [0.1, 0.15) is 5.56 Å². The van der Waals surface area contributed by atoms with Crippen molar-refractivity contribution in [2.24, 2.45) is 0 Å². The normalized spacial score (nSPS) is 13.5. The van der Waals surface area contributed by atoms with Crippen molar-refractivity contribution in [3.05, 3.63) is 23.8 Å². The first-order valence-electron chi connectivity index (χ1n) is 3.83. The lowest BCUT2D eigenvalue weighted by molar-refractivity contribution is -0.138. The van der Waals surface area contributed by atoms with E-state index in [9.17, 15) is 17.4 Å². The van der Waals surface area contributed by atoms with Crippen molar-refractivity contribution >= 4 is 17.0 Å². The van der Waals surface area contributed by atoms with Gasteiger partial charge in [0.2, 0.25) is 11.3 Å². The summed E-state index contributed by atoms with van der Waals surface area (Å²) >= 11 is -2.40. The molecule has 1 rings (SSSR count). The van der Waals surface area contributed by atoms with Gasteiger partial charge >= 0.3 is 6.18 Å². The van der Waals surface area contributed by atoms with Crippen LogP contribution in [-0.4, -0.2) is 13.9 Å². The van der Waals surface area contributed by atoms with Crippen LogP contribution >= 0.6 is 0 Å². The molecule has 1 aromatic carbocycles. The fourth-order valence-corrected chi connectivity index (χ4v) is 1.15. The number of hydrogen-bond acceptors (Lipinski definition) is 3. The molecule has 4 N–H and O–H groups in total. The molecule has 0 amide bonds. The van der Waals surface area contributed by atoms with Gasteiger partial charge < -0.3 is 10.5 Å². The van der Waals surface area contributed by atoms with Crippen molar-refractivity contribution in [1.82, 2.24) is 4.83 Å². The molecule has 0 bridgehead atoms. The first-order valence-corrected chi connectivity index (χ1v) is 4.94. The minimum Gasteiger partial charge on any atom is -0.507 e. The van der Waals surface area contributed by atoms with E-state index in [4.69, 9.17) is 9.66 Å². The van der Waals surface area contributed by atoms with E-state index in [-0.39, 0.29) is 5.69 Å². The van der Waals surface area contributed by atoms with Crippen molar-refractivity contribution in [3.8, 4) is 5.75 Å². The summed E-state index contributed by atoms with van der Waals surface area (Å²) in [6, 6.07) is 2.55. The molecule has 0 saturated carbocycles. The highest BCUT2D eigenvalue weighted by atomic mass is 32.2. The van der Waals surface area contributed by atoms with Gasteiger partial charge in [-0.05, 0) is 18.2 Å². The quantitative estimate of drug-likeness (QED) is 0.375. The Hall–Kier alpha value is -1.32. The molecule has 0 heterocycles. The Bertz CT molecular complexity index is 410. The Kier molecular flexibility index (Phi) is 3.73. The number of rotatable bonds is 3. The molecule has 16 heavy (non-hydrogen) atoms. The fourth-order valence-electron chi connectivity index (χ4n) is 0.943. The van der Waals surface area contributed by atoms with Gasteiger partial charge in [-0.2, -0.15) is 13.2 Å². The van der Waals surface area contributed by atoms with Crippen LogP contribution in [0.15, 0.2) is 18.2 Å². The van der Waals surface area contributed by atoms with E-state index in [2.05, 4.69) is 5.43 Å². The number of benzene rings is 1. The van der Waals surface area contributed by atoms with Gasteiger partial charge in [0.15, 0.2) is 0 Å². The molecule has 5 nitrogen and oxygen atoms in total. The van der Waals surface area contributed by atoms with Gasteiger partial charge in [-0.15, -0.1) is 4.83 Å². The number of phenols is 1. The standard InChI is InChI=1S/C7H7F3N2O3S/c8-7(9,10)5-3-4(1-2-6(5)13)11-12-16(14)15/h1-3,11-13H,(H,14,15). The Morgan fingerprint density at radius 3 is 2.44 bits per heavy atom. The van der Waals surface area contributed by atoms with E-state index in [0.29, 0.717) is 6.07 Å². The van der Waals surface area contributed by atoms with Gasteiger partial charge in [0.25, 0.3) is 0 Å². The molecule has 0 fully saturated rings. The van der Waals surface area contributed by atoms with Gasteiger partial charge in [0.1, 0.15) is 5.75 Å². The molecule has 0 aliphatic heterocycles. The van der Waals surface area contributed by atoms with Crippen molar-refractivity contribution < 1.29 is 27.0 Å². The molecule has 90 valence electrons. The predicted octanol–water partition coefficient (Wildman–Crippen LogP) is 1.46. The molecule has 1 aromatic rings. The molecular formula is C7H7F3N2O3S. The summed E-state index contributed by atoms with van der Waals surface area (Å²) in [6.45, 7) is 0. The molecule has 0 aromatic heterocycles. The molecule has 1 atom stereocenters. The molecule has 0 saturated heterocycles. The zero-order valence-corrected chi connectivity index (χ0v) is 8.39. The SMILES string of the molecule is O=S(O)NNc1ccc(O)c(C(F)(F)F)c1. The summed E-state index contributed by atoms with van der Waals surface area (Å²) < 4.78 is 55.4. The summed E-state index contributed by atoms with van der Waals surface area (Å²) in [7, 11) is 0. The molecular weight excluding hydrogens is 249 g/mol. The second kappa shape index (κ2) is 4.68. The lowest BCUT2D eigenvalue weighted by Gasteiger charge is -2.11. The van der Waals surface area contributed by atoms with Gasteiger partial charge in [-0.25, -0.2) is 4.21 Å². The zero-order chi connectivity index (χ0) is 12.3. The Balaban J connectivity index is 2.94. The van der Waals surface area contributed by atoms with Crippen molar-refractivity contribution in [2.75, 3.05) is 5.43 Å². The second-order valence-corrected chi connectivity index (χ2v) is 3.41. The first kappa shape index (κ1) is 12.7. The third-order valence-corrected chi connectivity index (χ3v) is 1.86. The lowest BCUT2D eigenvalue weighted by atomic mass is 10.2. The zero-order valence-electron chi connectivity index (χ0n) is 7.58. The summed E-state index contributed by atoms with van der Waals surface area (Å²) in [6.07, 6.45) is -4.69. The van der Waals surface area contributed by atoms with Crippen LogP contribution in [0, 0.1) is 0 Å². The number of nitrogens with one attached hydrogen (secondary N) is 2. The number of aromatic hydroxyl groups is 1. The summed E-state index contributed by atoms with van der Waals surface area (Å²) in [5, 5.41) is 8.97. The Morgan fingerprint density at radius 2 is 1.94 bits per heavy atom. The number of phenolic OH excluding ortho intramolecular Hbond substituents is 1. The average Bonchev–Trinajstić information content (AvgIpc) is 2.14. The second-order valence-electron chi connectivity index (χ2n) is 2.71. The number of halogens is 3. The van der Waals surface area contributed by atoms with Gasteiger partial charge in [0, 0.05) is 0 Å². The number of anilines is 1. The highest BCUT2D eigenvalue weighted by molar-refractivity contribution is 7.77. The van der Waals surface area contributed by atoms with E-state index in [1.54, 1.807) is 4.83 Å². The summed E-state index contributed by atoms with van der Waals surface area (Å²) in [5.41, 5.74) is 0.735. The highest BCUT2D eigenvalue weighted by Gasteiger charge is 2.34. The molecule has 0 aliphatic rings. The van der Waals surface area contributed by atoms with Crippen LogP contribution in [0.4, 0.5) is 18.9 Å². The Morgan fingerprint density at radius 1 is 1.31 bits per heavy atom. The Labute approximate surface area is 90.7 Å². The van der Waals surface area contributed by atoms with E-state index >= 15 is 0 Å². The molecule has 0 spiro atoms.